The molecule has 0 aliphatic heterocycles. The Morgan fingerprint density at radius 1 is 1.29 bits per heavy atom. The molecular formula is C16H16ClFN2S. The summed E-state index contributed by atoms with van der Waals surface area (Å²) < 4.78 is 16.0. The highest BCUT2D eigenvalue weighted by Gasteiger charge is 2.21. The Balaban J connectivity index is 2.10. The monoisotopic (exact) mass is 322 g/mol. The molecule has 0 spiro atoms. The Kier molecular flexibility index (Phi) is 4.00. The van der Waals surface area contributed by atoms with Crippen molar-refractivity contribution >= 4 is 34.0 Å². The number of hydrogen-bond acceptors (Lipinski definition) is 2. The van der Waals surface area contributed by atoms with Crippen LogP contribution in [0.25, 0.3) is 11.0 Å². The molecule has 2 nitrogen and oxygen atoms in total. The van der Waals surface area contributed by atoms with Crippen molar-refractivity contribution in [3.63, 3.8) is 0 Å². The first-order valence-corrected chi connectivity index (χ1v) is 8.22. The molecule has 2 unspecified atom stereocenters. The Labute approximate surface area is 132 Å². The number of nitrogens with zero attached hydrogens (tertiary/aromatic N) is 2. The van der Waals surface area contributed by atoms with Crippen LogP contribution in [0, 0.1) is 5.82 Å². The summed E-state index contributed by atoms with van der Waals surface area (Å²) in [5.41, 5.74) is 1.21. The number of imidazole rings is 1. The second kappa shape index (κ2) is 5.78. The van der Waals surface area contributed by atoms with Gasteiger partial charge in [0.2, 0.25) is 0 Å². The first kappa shape index (κ1) is 14.5. The lowest BCUT2D eigenvalue weighted by atomic mass is 10.2. The minimum absolute atomic E-state index is 0.173. The summed E-state index contributed by atoms with van der Waals surface area (Å²) in [6, 6.07) is 9.39. The Morgan fingerprint density at radius 3 is 2.76 bits per heavy atom. The number of rotatable bonds is 4. The van der Waals surface area contributed by atoms with E-state index in [4.69, 9.17) is 11.6 Å². The smallest absolute Gasteiger partial charge is 0.151 e. The van der Waals surface area contributed by atoms with E-state index in [1.165, 1.54) is 10.9 Å². The van der Waals surface area contributed by atoms with E-state index in [2.05, 4.69) is 27.9 Å². The number of benzene rings is 1. The number of thiophene rings is 1. The summed E-state index contributed by atoms with van der Waals surface area (Å²) in [7, 11) is 0. The van der Waals surface area contributed by atoms with E-state index in [1.54, 1.807) is 17.4 Å². The van der Waals surface area contributed by atoms with Gasteiger partial charge in [0.15, 0.2) is 5.82 Å². The fourth-order valence-electron chi connectivity index (χ4n) is 2.66. The fourth-order valence-corrected chi connectivity index (χ4v) is 3.64. The molecule has 0 radical (unpaired) electrons. The van der Waals surface area contributed by atoms with Crippen LogP contribution in [0.2, 0.25) is 0 Å². The van der Waals surface area contributed by atoms with Crippen molar-refractivity contribution in [3.8, 4) is 0 Å². The molecule has 0 saturated heterocycles. The SMILES string of the molecule is CC(Cl)c1nc2c(F)cccc2n1C(C)Cc1cccs1. The van der Waals surface area contributed by atoms with Gasteiger partial charge >= 0.3 is 0 Å². The summed E-state index contributed by atoms with van der Waals surface area (Å²) >= 11 is 7.99. The van der Waals surface area contributed by atoms with Crippen molar-refractivity contribution in [2.75, 3.05) is 0 Å². The van der Waals surface area contributed by atoms with Crippen molar-refractivity contribution in [3.05, 3.63) is 52.2 Å². The van der Waals surface area contributed by atoms with Crippen LogP contribution in [-0.4, -0.2) is 9.55 Å². The average Bonchev–Trinajstić information content (AvgIpc) is 3.05. The van der Waals surface area contributed by atoms with Gasteiger partial charge in [-0.3, -0.25) is 0 Å². The molecule has 2 atom stereocenters. The molecular weight excluding hydrogens is 307 g/mol. The van der Waals surface area contributed by atoms with Crippen molar-refractivity contribution in [2.24, 2.45) is 0 Å². The highest BCUT2D eigenvalue weighted by atomic mass is 35.5. The van der Waals surface area contributed by atoms with E-state index in [0.717, 1.165) is 17.8 Å². The molecule has 1 aromatic carbocycles. The predicted octanol–water partition coefficient (Wildman–Crippen LogP) is 5.34. The van der Waals surface area contributed by atoms with Crippen LogP contribution in [0.3, 0.4) is 0 Å². The van der Waals surface area contributed by atoms with Crippen molar-refractivity contribution < 1.29 is 4.39 Å². The number of para-hydroxylation sites is 1. The minimum atomic E-state index is -0.298. The van der Waals surface area contributed by atoms with Gasteiger partial charge in [-0.2, -0.15) is 0 Å². The normalized spacial score (nSPS) is 14.5. The number of alkyl halides is 1. The fraction of sp³-hybridized carbons (Fsp3) is 0.312. The van der Waals surface area contributed by atoms with E-state index >= 15 is 0 Å². The Morgan fingerprint density at radius 2 is 2.10 bits per heavy atom. The van der Waals surface area contributed by atoms with Crippen molar-refractivity contribution in [1.82, 2.24) is 9.55 Å². The maximum absolute atomic E-state index is 14.0. The summed E-state index contributed by atoms with van der Waals surface area (Å²) in [4.78, 5) is 5.72. The molecule has 0 aliphatic rings. The molecule has 21 heavy (non-hydrogen) atoms. The quantitative estimate of drug-likeness (QED) is 0.593. The van der Waals surface area contributed by atoms with Crippen LogP contribution >= 0.6 is 22.9 Å². The molecule has 110 valence electrons. The van der Waals surface area contributed by atoms with Gasteiger partial charge in [-0.15, -0.1) is 22.9 Å². The zero-order chi connectivity index (χ0) is 15.0. The highest BCUT2D eigenvalue weighted by molar-refractivity contribution is 7.09. The maximum Gasteiger partial charge on any atom is 0.151 e. The van der Waals surface area contributed by atoms with Crippen molar-refractivity contribution in [1.29, 1.82) is 0 Å². The number of aromatic nitrogens is 2. The molecule has 0 amide bonds. The number of fused-ring (bicyclic) bond motifs is 1. The predicted molar refractivity (Wildman–Crippen MR) is 86.7 cm³/mol. The van der Waals surface area contributed by atoms with Crippen LogP contribution in [0.15, 0.2) is 35.7 Å². The van der Waals surface area contributed by atoms with E-state index in [-0.39, 0.29) is 17.2 Å². The van der Waals surface area contributed by atoms with Gasteiger partial charge < -0.3 is 4.57 Å². The van der Waals surface area contributed by atoms with Crippen LogP contribution in [0.1, 0.15) is 36.0 Å². The van der Waals surface area contributed by atoms with Crippen LogP contribution < -0.4 is 0 Å². The molecule has 5 heteroatoms. The Bertz CT molecular complexity index is 749. The number of hydrogen-bond donors (Lipinski definition) is 0. The molecule has 0 N–H and O–H groups in total. The van der Waals surface area contributed by atoms with Crippen LogP contribution in [0.5, 0.6) is 0 Å². The molecule has 0 saturated carbocycles. The largest absolute Gasteiger partial charge is 0.323 e. The first-order chi connectivity index (χ1) is 10.1. The second-order valence-electron chi connectivity index (χ2n) is 5.20. The lowest BCUT2D eigenvalue weighted by molar-refractivity contribution is 0.538. The van der Waals surface area contributed by atoms with Crippen molar-refractivity contribution in [2.45, 2.75) is 31.7 Å². The van der Waals surface area contributed by atoms with Gasteiger partial charge in [-0.05, 0) is 37.4 Å². The van der Waals surface area contributed by atoms with Gasteiger partial charge in [-0.1, -0.05) is 12.1 Å². The summed E-state index contributed by atoms with van der Waals surface area (Å²) in [6.07, 6.45) is 0.885. The molecule has 0 fully saturated rings. The molecule has 3 aromatic rings. The summed E-state index contributed by atoms with van der Waals surface area (Å²) in [5, 5.41) is 1.81. The minimum Gasteiger partial charge on any atom is -0.323 e. The third-order valence-corrected chi connectivity index (χ3v) is 4.67. The summed E-state index contributed by atoms with van der Waals surface area (Å²) in [5.74, 6) is 0.425. The standard InChI is InChI=1S/C16H16ClFN2S/c1-10(9-12-5-4-8-21-12)20-14-7-3-6-13(18)15(14)19-16(20)11(2)17/h3-8,10-11H,9H2,1-2H3. The first-order valence-electron chi connectivity index (χ1n) is 6.90. The van der Waals surface area contributed by atoms with E-state index < -0.39 is 0 Å². The maximum atomic E-state index is 14.0. The van der Waals surface area contributed by atoms with E-state index in [9.17, 15) is 4.39 Å². The average molecular weight is 323 g/mol. The summed E-state index contributed by atoms with van der Waals surface area (Å²) in [6.45, 7) is 3.99. The third-order valence-electron chi connectivity index (χ3n) is 3.57. The second-order valence-corrected chi connectivity index (χ2v) is 6.88. The highest BCUT2D eigenvalue weighted by Crippen LogP contribution is 2.31. The molecule has 2 heterocycles. The Hall–Kier alpha value is -1.39. The van der Waals surface area contributed by atoms with Gasteiger partial charge in [0.1, 0.15) is 11.3 Å². The van der Waals surface area contributed by atoms with Crippen LogP contribution in [-0.2, 0) is 6.42 Å². The molecule has 0 bridgehead atoms. The molecule has 3 rings (SSSR count). The van der Waals surface area contributed by atoms with Gasteiger partial charge in [0, 0.05) is 17.3 Å². The molecule has 0 aliphatic carbocycles. The van der Waals surface area contributed by atoms with Gasteiger partial charge in [-0.25, -0.2) is 9.37 Å². The number of halogens is 2. The topological polar surface area (TPSA) is 17.8 Å². The van der Waals surface area contributed by atoms with Crippen LogP contribution in [0.4, 0.5) is 4.39 Å². The zero-order valence-electron chi connectivity index (χ0n) is 11.9. The lowest BCUT2D eigenvalue weighted by Crippen LogP contribution is -2.11. The molecule has 2 aromatic heterocycles. The zero-order valence-corrected chi connectivity index (χ0v) is 13.5. The van der Waals surface area contributed by atoms with E-state index in [1.807, 2.05) is 19.1 Å². The lowest BCUT2D eigenvalue weighted by Gasteiger charge is -2.18. The van der Waals surface area contributed by atoms with E-state index in [0.29, 0.717) is 5.52 Å². The van der Waals surface area contributed by atoms with Gasteiger partial charge in [0.05, 0.1) is 10.9 Å². The third kappa shape index (κ3) is 2.70. The van der Waals surface area contributed by atoms with Gasteiger partial charge in [0.25, 0.3) is 0 Å².